The molecule has 31 heavy (non-hydrogen) atoms. The van der Waals surface area contributed by atoms with Crippen LogP contribution in [0.15, 0.2) is 60.2 Å². The smallest absolute Gasteiger partial charge is 0.269 e. The summed E-state index contributed by atoms with van der Waals surface area (Å²) in [5.74, 6) is -0.287. The van der Waals surface area contributed by atoms with Gasteiger partial charge in [0.05, 0.1) is 23.7 Å². The Hall–Kier alpha value is -3.61. The third-order valence-corrected chi connectivity index (χ3v) is 6.56. The lowest BCUT2D eigenvalue weighted by Crippen LogP contribution is -2.49. The number of anilines is 2. The van der Waals surface area contributed by atoms with Crippen LogP contribution in [0.4, 0.5) is 11.4 Å². The van der Waals surface area contributed by atoms with Crippen molar-refractivity contribution in [2.75, 3.05) is 36.0 Å². The van der Waals surface area contributed by atoms with Gasteiger partial charge < -0.3 is 9.80 Å². The largest absolute Gasteiger partial charge is 0.361 e. The van der Waals surface area contributed by atoms with Crippen molar-refractivity contribution in [3.05, 3.63) is 71.3 Å². The molecule has 1 saturated heterocycles. The van der Waals surface area contributed by atoms with Crippen LogP contribution in [0.25, 0.3) is 0 Å². The van der Waals surface area contributed by atoms with E-state index in [9.17, 15) is 10.1 Å². The van der Waals surface area contributed by atoms with Gasteiger partial charge in [-0.05, 0) is 62.3 Å². The van der Waals surface area contributed by atoms with Crippen molar-refractivity contribution in [2.24, 2.45) is 0 Å². The topological polar surface area (TPSA) is 74.4 Å². The highest BCUT2D eigenvalue weighted by molar-refractivity contribution is 6.10. The van der Waals surface area contributed by atoms with Crippen molar-refractivity contribution in [3.8, 4) is 12.1 Å². The van der Waals surface area contributed by atoms with Crippen LogP contribution in [0, 0.1) is 22.7 Å². The van der Waals surface area contributed by atoms with E-state index in [1.165, 1.54) is 12.8 Å². The van der Waals surface area contributed by atoms with Gasteiger partial charge >= 0.3 is 0 Å². The number of carbonyl (C=O) groups excluding carboxylic acids is 1. The second-order valence-electron chi connectivity index (χ2n) is 8.26. The highest BCUT2D eigenvalue weighted by atomic mass is 16.2. The zero-order valence-electron chi connectivity index (χ0n) is 17.2. The molecular weight excluding hydrogens is 386 g/mol. The number of fused-ring (bicyclic) bond motifs is 3. The minimum absolute atomic E-state index is 0.0944. The molecule has 1 fully saturated rings. The molecule has 2 aromatic carbocycles. The lowest BCUT2D eigenvalue weighted by Gasteiger charge is -2.38. The Balaban J connectivity index is 1.56. The number of hydrogen-bond acceptors (Lipinski definition) is 5. The normalized spacial score (nSPS) is 22.5. The van der Waals surface area contributed by atoms with Crippen molar-refractivity contribution in [1.29, 1.82) is 10.5 Å². The molecule has 1 amide bonds. The van der Waals surface area contributed by atoms with Crippen LogP contribution in [-0.2, 0) is 4.79 Å². The zero-order valence-corrected chi connectivity index (χ0v) is 17.2. The van der Waals surface area contributed by atoms with Crippen molar-refractivity contribution < 1.29 is 4.79 Å². The van der Waals surface area contributed by atoms with E-state index >= 15 is 0 Å². The van der Waals surface area contributed by atoms with Crippen LogP contribution in [0.3, 0.4) is 0 Å². The summed E-state index contributed by atoms with van der Waals surface area (Å²) < 4.78 is 0. The molecule has 5 rings (SSSR count). The molecule has 0 aliphatic carbocycles. The van der Waals surface area contributed by atoms with Crippen molar-refractivity contribution >= 4 is 17.3 Å². The Bertz CT molecular complexity index is 1120. The summed E-state index contributed by atoms with van der Waals surface area (Å²) in [5, 5.41) is 18.8. The van der Waals surface area contributed by atoms with Crippen molar-refractivity contribution in [3.63, 3.8) is 0 Å². The predicted molar refractivity (Wildman–Crippen MR) is 118 cm³/mol. The minimum atomic E-state index is -0.287. The Kier molecular flexibility index (Phi) is 4.94. The molecule has 154 valence electrons. The molecule has 6 heteroatoms. The number of rotatable bonds is 4. The number of nitrogens with zero attached hydrogens (tertiary/aromatic N) is 5. The van der Waals surface area contributed by atoms with E-state index in [1.54, 1.807) is 29.2 Å². The molecule has 0 spiro atoms. The van der Waals surface area contributed by atoms with Crippen LogP contribution < -0.4 is 9.80 Å². The third kappa shape index (κ3) is 3.26. The first kappa shape index (κ1) is 19.4. The van der Waals surface area contributed by atoms with Crippen molar-refractivity contribution in [2.45, 2.75) is 24.9 Å². The molecule has 0 bridgehead atoms. The third-order valence-electron chi connectivity index (χ3n) is 6.56. The average Bonchev–Trinajstić information content (AvgIpc) is 3.43. The van der Waals surface area contributed by atoms with Gasteiger partial charge in [-0.25, -0.2) is 0 Å². The number of benzene rings is 2. The molecule has 2 aromatic rings. The fourth-order valence-electron chi connectivity index (χ4n) is 5.07. The first-order chi connectivity index (χ1) is 15.2. The maximum absolute atomic E-state index is 13.3. The first-order valence-corrected chi connectivity index (χ1v) is 10.7. The zero-order chi connectivity index (χ0) is 21.4. The number of hydrogen-bond donors (Lipinski definition) is 0. The van der Waals surface area contributed by atoms with Crippen LogP contribution in [0.5, 0.6) is 0 Å². The van der Waals surface area contributed by atoms with Gasteiger partial charge in [-0.2, -0.15) is 10.5 Å². The fraction of sp³-hybridized carbons (Fsp3) is 0.320. The van der Waals surface area contributed by atoms with E-state index in [0.29, 0.717) is 11.3 Å². The Morgan fingerprint density at radius 1 is 0.935 bits per heavy atom. The molecule has 0 saturated carbocycles. The van der Waals surface area contributed by atoms with Crippen LogP contribution in [0.1, 0.15) is 30.0 Å². The van der Waals surface area contributed by atoms with Gasteiger partial charge in [0, 0.05) is 30.0 Å². The summed E-state index contributed by atoms with van der Waals surface area (Å²) in [5.41, 5.74) is 3.64. The number of likely N-dealkylation sites (tertiary alicyclic amines) is 1. The maximum Gasteiger partial charge on any atom is 0.269 e. The van der Waals surface area contributed by atoms with E-state index in [0.717, 1.165) is 37.4 Å². The molecule has 3 heterocycles. The number of amides is 1. The van der Waals surface area contributed by atoms with Gasteiger partial charge in [-0.1, -0.05) is 18.2 Å². The number of nitriles is 2. The van der Waals surface area contributed by atoms with Gasteiger partial charge in [0.25, 0.3) is 5.91 Å². The summed E-state index contributed by atoms with van der Waals surface area (Å²) >= 11 is 0. The Labute approximate surface area is 182 Å². The molecule has 0 aromatic heterocycles. The van der Waals surface area contributed by atoms with E-state index in [1.807, 2.05) is 18.2 Å². The van der Waals surface area contributed by atoms with E-state index in [4.69, 9.17) is 5.26 Å². The Morgan fingerprint density at radius 3 is 2.39 bits per heavy atom. The predicted octanol–water partition coefficient (Wildman–Crippen LogP) is 3.38. The quantitative estimate of drug-likeness (QED) is 0.774. The maximum atomic E-state index is 13.3. The summed E-state index contributed by atoms with van der Waals surface area (Å²) in [6.45, 7) is 4.10. The summed E-state index contributed by atoms with van der Waals surface area (Å²) in [4.78, 5) is 19.8. The van der Waals surface area contributed by atoms with E-state index in [2.05, 4.69) is 34.1 Å². The van der Waals surface area contributed by atoms with Gasteiger partial charge in [0.1, 0.15) is 11.6 Å². The molecule has 0 radical (unpaired) electrons. The van der Waals surface area contributed by atoms with Gasteiger partial charge in [0.2, 0.25) is 0 Å². The lowest BCUT2D eigenvalue weighted by molar-refractivity contribution is -0.115. The highest BCUT2D eigenvalue weighted by Gasteiger charge is 2.46. The number of para-hydroxylation sites is 1. The minimum Gasteiger partial charge on any atom is -0.361 e. The highest BCUT2D eigenvalue weighted by Crippen LogP contribution is 2.47. The van der Waals surface area contributed by atoms with Crippen LogP contribution in [-0.4, -0.2) is 43.0 Å². The molecule has 2 unspecified atom stereocenters. The number of carbonyl (C=O) groups is 1. The second-order valence-corrected chi connectivity index (χ2v) is 8.26. The van der Waals surface area contributed by atoms with E-state index in [-0.39, 0.29) is 23.6 Å². The molecule has 3 aliphatic rings. The van der Waals surface area contributed by atoms with Crippen LogP contribution in [0.2, 0.25) is 0 Å². The van der Waals surface area contributed by atoms with Gasteiger partial charge in [-0.3, -0.25) is 9.69 Å². The summed E-state index contributed by atoms with van der Waals surface area (Å²) in [7, 11) is 0. The first-order valence-electron chi connectivity index (χ1n) is 10.7. The molecule has 3 aliphatic heterocycles. The van der Waals surface area contributed by atoms with Gasteiger partial charge in [0.15, 0.2) is 0 Å². The molecular formula is C25H23N5O. The summed E-state index contributed by atoms with van der Waals surface area (Å²) in [6, 6.07) is 19.2. The standard InChI is InChI=1S/C25H23N5O/c26-16-18-7-9-20(10-8-18)30-24-21-5-1-2-6-22(21)29(14-13-28-11-3-4-12-28)23(24)15-19(17-27)25(30)31/h1-2,5-10,15,23-24H,3-4,11-14H2. The van der Waals surface area contributed by atoms with Gasteiger partial charge in [-0.15, -0.1) is 0 Å². The Morgan fingerprint density at radius 2 is 1.68 bits per heavy atom. The van der Waals surface area contributed by atoms with Crippen molar-refractivity contribution in [1.82, 2.24) is 4.90 Å². The molecule has 0 N–H and O–H groups in total. The van der Waals surface area contributed by atoms with E-state index < -0.39 is 0 Å². The second kappa shape index (κ2) is 7.91. The average molecular weight is 409 g/mol. The SMILES string of the molecule is N#CC1=CC2C(c3ccccc3N2CCN2CCCC2)N(c2ccc(C#N)cc2)C1=O. The fourth-order valence-corrected chi connectivity index (χ4v) is 5.07. The molecule has 2 atom stereocenters. The monoisotopic (exact) mass is 409 g/mol. The van der Waals surface area contributed by atoms with Crippen LogP contribution >= 0.6 is 0 Å². The lowest BCUT2D eigenvalue weighted by atomic mass is 9.93. The molecule has 6 nitrogen and oxygen atoms in total. The summed E-state index contributed by atoms with van der Waals surface area (Å²) in [6.07, 6.45) is 4.35.